The van der Waals surface area contributed by atoms with Crippen LogP contribution in [0, 0.1) is 6.92 Å². The first-order valence-corrected chi connectivity index (χ1v) is 6.16. The number of benzene rings is 1. The molecular formula is C12H13N3O2S. The predicted molar refractivity (Wildman–Crippen MR) is 72.5 cm³/mol. The first kappa shape index (κ1) is 12.4. The summed E-state index contributed by atoms with van der Waals surface area (Å²) in [6.45, 7) is 1.79. The number of primary amides is 1. The van der Waals surface area contributed by atoms with Gasteiger partial charge in [-0.3, -0.25) is 9.59 Å². The summed E-state index contributed by atoms with van der Waals surface area (Å²) in [4.78, 5) is 22.9. The second kappa shape index (κ2) is 4.66. The summed E-state index contributed by atoms with van der Waals surface area (Å²) in [6.07, 6.45) is 0. The Morgan fingerprint density at radius 1 is 1.39 bits per heavy atom. The van der Waals surface area contributed by atoms with Gasteiger partial charge in [0, 0.05) is 10.1 Å². The lowest BCUT2D eigenvalue weighted by Crippen LogP contribution is -2.33. The van der Waals surface area contributed by atoms with Crippen LogP contribution in [0.2, 0.25) is 0 Å². The van der Waals surface area contributed by atoms with Gasteiger partial charge in [-0.05, 0) is 18.6 Å². The predicted octanol–water partition coefficient (Wildman–Crippen LogP) is 1.01. The molecule has 0 atom stereocenters. The fourth-order valence-electron chi connectivity index (χ4n) is 1.64. The number of fused-ring (bicyclic) bond motifs is 1. The highest BCUT2D eigenvalue weighted by Gasteiger charge is 2.16. The Balaban J connectivity index is 2.36. The van der Waals surface area contributed by atoms with Crippen molar-refractivity contribution in [1.82, 2.24) is 5.32 Å². The molecule has 0 bridgehead atoms. The lowest BCUT2D eigenvalue weighted by Gasteiger charge is -2.00. The van der Waals surface area contributed by atoms with Crippen molar-refractivity contribution in [3.8, 4) is 0 Å². The molecule has 18 heavy (non-hydrogen) atoms. The van der Waals surface area contributed by atoms with Gasteiger partial charge >= 0.3 is 0 Å². The summed E-state index contributed by atoms with van der Waals surface area (Å²) in [5.41, 5.74) is 12.4. The summed E-state index contributed by atoms with van der Waals surface area (Å²) in [5.74, 6) is -0.955. The maximum absolute atomic E-state index is 11.8. The van der Waals surface area contributed by atoms with Crippen molar-refractivity contribution < 1.29 is 9.59 Å². The Morgan fingerprint density at radius 2 is 2.11 bits per heavy atom. The Hall–Kier alpha value is -2.08. The number of hydrogen-bond donors (Lipinski definition) is 3. The van der Waals surface area contributed by atoms with E-state index in [1.165, 1.54) is 11.3 Å². The van der Waals surface area contributed by atoms with Crippen LogP contribution in [-0.4, -0.2) is 18.4 Å². The van der Waals surface area contributed by atoms with Crippen LogP contribution >= 0.6 is 11.3 Å². The summed E-state index contributed by atoms with van der Waals surface area (Å²) in [7, 11) is 0. The number of carbonyl (C=O) groups excluding carboxylic acids is 2. The molecule has 0 saturated heterocycles. The minimum atomic E-state index is -0.584. The molecule has 0 saturated carbocycles. The molecular weight excluding hydrogens is 250 g/mol. The fourth-order valence-corrected chi connectivity index (χ4v) is 2.78. The van der Waals surface area contributed by atoms with Crippen LogP contribution in [0.3, 0.4) is 0 Å². The number of amides is 2. The second-order valence-electron chi connectivity index (χ2n) is 3.99. The van der Waals surface area contributed by atoms with Gasteiger partial charge in [0.2, 0.25) is 5.91 Å². The van der Waals surface area contributed by atoms with Crippen LogP contribution in [0.15, 0.2) is 18.2 Å². The van der Waals surface area contributed by atoms with Gasteiger partial charge in [-0.15, -0.1) is 11.3 Å². The van der Waals surface area contributed by atoms with Gasteiger partial charge in [0.05, 0.1) is 12.2 Å². The molecule has 2 aromatic rings. The van der Waals surface area contributed by atoms with E-state index in [1.54, 1.807) is 0 Å². The van der Waals surface area contributed by atoms with E-state index in [0.717, 1.165) is 15.6 Å². The number of thiophene rings is 1. The second-order valence-corrected chi connectivity index (χ2v) is 5.05. The van der Waals surface area contributed by atoms with Crippen LogP contribution in [0.4, 0.5) is 5.69 Å². The summed E-state index contributed by atoms with van der Waals surface area (Å²) >= 11 is 1.31. The fraction of sp³-hybridized carbons (Fsp3) is 0.167. The number of carbonyl (C=O) groups is 2. The molecule has 94 valence electrons. The van der Waals surface area contributed by atoms with E-state index in [1.807, 2.05) is 25.1 Å². The normalized spacial score (nSPS) is 10.5. The van der Waals surface area contributed by atoms with Gasteiger partial charge in [0.1, 0.15) is 4.88 Å². The van der Waals surface area contributed by atoms with Crippen LogP contribution in [-0.2, 0) is 4.79 Å². The maximum atomic E-state index is 11.8. The topological polar surface area (TPSA) is 98.2 Å². The highest BCUT2D eigenvalue weighted by Crippen LogP contribution is 2.33. The number of anilines is 1. The van der Waals surface area contributed by atoms with Crippen LogP contribution in [0.1, 0.15) is 15.2 Å². The average molecular weight is 263 g/mol. The van der Waals surface area contributed by atoms with Crippen molar-refractivity contribution in [2.24, 2.45) is 5.73 Å². The lowest BCUT2D eigenvalue weighted by atomic mass is 10.1. The molecule has 0 aliphatic heterocycles. The molecule has 2 amide bonds. The molecule has 0 radical (unpaired) electrons. The van der Waals surface area contributed by atoms with E-state index in [4.69, 9.17) is 11.5 Å². The Morgan fingerprint density at radius 3 is 2.78 bits per heavy atom. The van der Waals surface area contributed by atoms with Crippen LogP contribution < -0.4 is 16.8 Å². The van der Waals surface area contributed by atoms with Gasteiger partial charge in [-0.2, -0.15) is 0 Å². The van der Waals surface area contributed by atoms with Crippen molar-refractivity contribution in [3.05, 3.63) is 28.6 Å². The third-order valence-electron chi connectivity index (χ3n) is 2.51. The minimum Gasteiger partial charge on any atom is -0.397 e. The van der Waals surface area contributed by atoms with E-state index in [-0.39, 0.29) is 12.5 Å². The zero-order valence-electron chi connectivity index (χ0n) is 9.82. The molecule has 0 spiro atoms. The van der Waals surface area contributed by atoms with Crippen molar-refractivity contribution in [2.45, 2.75) is 6.92 Å². The number of nitrogens with two attached hydrogens (primary N) is 2. The molecule has 0 fully saturated rings. The van der Waals surface area contributed by atoms with E-state index in [2.05, 4.69) is 5.32 Å². The minimum absolute atomic E-state index is 0.189. The van der Waals surface area contributed by atoms with Crippen molar-refractivity contribution in [1.29, 1.82) is 0 Å². The molecule has 1 heterocycles. The molecule has 6 heteroatoms. The summed E-state index contributed by atoms with van der Waals surface area (Å²) in [6, 6.07) is 5.80. The highest BCUT2D eigenvalue weighted by molar-refractivity contribution is 7.21. The Labute approximate surface area is 108 Å². The largest absolute Gasteiger partial charge is 0.397 e. The van der Waals surface area contributed by atoms with Gasteiger partial charge < -0.3 is 16.8 Å². The molecule has 2 rings (SSSR count). The zero-order chi connectivity index (χ0) is 13.3. The van der Waals surface area contributed by atoms with Gasteiger partial charge in [-0.25, -0.2) is 0 Å². The number of hydrogen-bond acceptors (Lipinski definition) is 4. The highest BCUT2D eigenvalue weighted by atomic mass is 32.1. The number of aryl methyl sites for hydroxylation is 1. The SMILES string of the molecule is Cc1ccc2c(N)c(C(=O)NCC(N)=O)sc2c1. The van der Waals surface area contributed by atoms with E-state index in [9.17, 15) is 9.59 Å². The van der Waals surface area contributed by atoms with Crippen molar-refractivity contribution >= 4 is 38.9 Å². The number of nitrogen functional groups attached to an aromatic ring is 1. The molecule has 1 aromatic carbocycles. The number of rotatable bonds is 3. The first-order valence-electron chi connectivity index (χ1n) is 5.34. The van der Waals surface area contributed by atoms with E-state index >= 15 is 0 Å². The maximum Gasteiger partial charge on any atom is 0.263 e. The molecule has 5 N–H and O–H groups in total. The summed E-state index contributed by atoms with van der Waals surface area (Å²) in [5, 5.41) is 3.29. The zero-order valence-corrected chi connectivity index (χ0v) is 10.6. The van der Waals surface area contributed by atoms with Crippen LogP contribution in [0.25, 0.3) is 10.1 Å². The first-order chi connectivity index (χ1) is 8.49. The Bertz CT molecular complexity index is 634. The quantitative estimate of drug-likeness (QED) is 0.770. The summed E-state index contributed by atoms with van der Waals surface area (Å²) < 4.78 is 0.955. The monoisotopic (exact) mass is 263 g/mol. The van der Waals surface area contributed by atoms with Crippen LogP contribution in [0.5, 0.6) is 0 Å². The van der Waals surface area contributed by atoms with Crippen molar-refractivity contribution in [2.75, 3.05) is 12.3 Å². The standard InChI is InChI=1S/C12H13N3O2S/c1-6-2-3-7-8(4-6)18-11(10(7)14)12(17)15-5-9(13)16/h2-4H,5,14H2,1H3,(H2,13,16)(H,15,17). The Kier molecular flexibility index (Phi) is 3.20. The molecule has 1 aromatic heterocycles. The third kappa shape index (κ3) is 2.28. The van der Waals surface area contributed by atoms with Gasteiger partial charge in [-0.1, -0.05) is 12.1 Å². The molecule has 0 unspecified atom stereocenters. The van der Waals surface area contributed by atoms with Gasteiger partial charge in [0.15, 0.2) is 0 Å². The number of nitrogens with one attached hydrogen (secondary N) is 1. The van der Waals surface area contributed by atoms with Gasteiger partial charge in [0.25, 0.3) is 5.91 Å². The smallest absolute Gasteiger partial charge is 0.263 e. The average Bonchev–Trinajstić information content (AvgIpc) is 2.63. The van der Waals surface area contributed by atoms with Crippen molar-refractivity contribution in [3.63, 3.8) is 0 Å². The lowest BCUT2D eigenvalue weighted by molar-refractivity contribution is -0.117. The van der Waals surface area contributed by atoms with E-state index in [0.29, 0.717) is 10.6 Å². The van der Waals surface area contributed by atoms with E-state index < -0.39 is 5.91 Å². The molecule has 5 nitrogen and oxygen atoms in total. The molecule has 0 aliphatic rings. The molecule has 0 aliphatic carbocycles. The third-order valence-corrected chi connectivity index (χ3v) is 3.68.